The maximum absolute atomic E-state index is 12.4. The highest BCUT2D eigenvalue weighted by atomic mass is 32.1. The van der Waals surface area contributed by atoms with Gasteiger partial charge in [-0.3, -0.25) is 4.79 Å². The van der Waals surface area contributed by atoms with E-state index in [2.05, 4.69) is 43.1 Å². The molecule has 0 unspecified atom stereocenters. The third kappa shape index (κ3) is 2.87. The second-order valence-electron chi connectivity index (χ2n) is 7.84. The highest BCUT2D eigenvalue weighted by Gasteiger charge is 2.31. The van der Waals surface area contributed by atoms with E-state index in [1.165, 1.54) is 10.4 Å². The number of nitrogens with one attached hydrogen (secondary N) is 1. The predicted molar refractivity (Wildman–Crippen MR) is 101 cm³/mol. The number of carbonyl (C=O) groups is 1. The summed E-state index contributed by atoms with van der Waals surface area (Å²) in [5.41, 5.74) is 1.71. The van der Waals surface area contributed by atoms with Crippen LogP contribution in [0.5, 0.6) is 0 Å². The van der Waals surface area contributed by atoms with Crippen molar-refractivity contribution in [1.29, 1.82) is 0 Å². The third-order valence-electron chi connectivity index (χ3n) is 4.54. The van der Waals surface area contributed by atoms with E-state index < -0.39 is 0 Å². The first-order valence-electron chi connectivity index (χ1n) is 8.85. The van der Waals surface area contributed by atoms with Crippen LogP contribution in [0.25, 0.3) is 15.9 Å². The van der Waals surface area contributed by atoms with Crippen molar-refractivity contribution in [3.05, 3.63) is 22.1 Å². The van der Waals surface area contributed by atoms with E-state index in [9.17, 15) is 4.79 Å². The molecule has 4 heterocycles. The minimum absolute atomic E-state index is 0.189. The fourth-order valence-corrected chi connectivity index (χ4v) is 4.36. The first kappa shape index (κ1) is 17.4. The number of rotatable bonds is 3. The van der Waals surface area contributed by atoms with Crippen LogP contribution in [-0.4, -0.2) is 37.6 Å². The fourth-order valence-electron chi connectivity index (χ4n) is 3.21. The molecular weight excluding hydrogens is 350 g/mol. The number of nitrogens with zero attached hydrogens (tertiary/aromatic N) is 4. The Balaban J connectivity index is 1.86. The molecule has 0 fully saturated rings. The minimum Gasteiger partial charge on any atom is -0.370 e. The molecule has 0 aromatic carbocycles. The standard InChI is InChI=1S/C18H23N5O2S/c1-9(2)7-19-16(24)14-21-15-13-11-6-18(4,5)25-8-12(11)26-17(13)20-10(3)23(15)22-14/h9H,6-8H2,1-5H3,(H,19,24). The maximum Gasteiger partial charge on any atom is 0.291 e. The van der Waals surface area contributed by atoms with Gasteiger partial charge in [-0.1, -0.05) is 13.8 Å². The largest absolute Gasteiger partial charge is 0.370 e. The average Bonchev–Trinajstić information content (AvgIpc) is 3.13. The number of aromatic nitrogens is 4. The van der Waals surface area contributed by atoms with Crippen molar-refractivity contribution in [3.63, 3.8) is 0 Å². The normalized spacial score (nSPS) is 16.4. The fraction of sp³-hybridized carbons (Fsp3) is 0.556. The van der Waals surface area contributed by atoms with E-state index >= 15 is 0 Å². The number of thiophene rings is 1. The van der Waals surface area contributed by atoms with Gasteiger partial charge in [-0.05, 0) is 32.3 Å². The molecule has 0 saturated heterocycles. The molecule has 0 spiro atoms. The van der Waals surface area contributed by atoms with Gasteiger partial charge in [0.05, 0.1) is 17.6 Å². The Bertz CT molecular complexity index is 1020. The summed E-state index contributed by atoms with van der Waals surface area (Å²) in [5.74, 6) is 1.04. The molecule has 138 valence electrons. The molecule has 1 aliphatic heterocycles. The number of hydrogen-bond donors (Lipinski definition) is 1. The van der Waals surface area contributed by atoms with Crippen LogP contribution >= 0.6 is 11.3 Å². The van der Waals surface area contributed by atoms with Crippen LogP contribution in [0, 0.1) is 12.8 Å². The summed E-state index contributed by atoms with van der Waals surface area (Å²) in [5, 5.41) is 8.29. The molecular formula is C18H23N5O2S. The lowest BCUT2D eigenvalue weighted by Crippen LogP contribution is -2.31. The Morgan fingerprint density at radius 2 is 2.15 bits per heavy atom. The van der Waals surface area contributed by atoms with Crippen LogP contribution < -0.4 is 5.32 Å². The number of carbonyl (C=O) groups excluding carboxylic acids is 1. The Hall–Kier alpha value is -2.06. The lowest BCUT2D eigenvalue weighted by Gasteiger charge is -2.30. The van der Waals surface area contributed by atoms with E-state index in [0.717, 1.165) is 22.5 Å². The number of aryl methyl sites for hydroxylation is 1. The lowest BCUT2D eigenvalue weighted by molar-refractivity contribution is -0.0379. The molecule has 4 rings (SSSR count). The van der Waals surface area contributed by atoms with Gasteiger partial charge in [-0.15, -0.1) is 16.4 Å². The second kappa shape index (κ2) is 5.99. The van der Waals surface area contributed by atoms with E-state index in [1.807, 2.05) is 6.92 Å². The summed E-state index contributed by atoms with van der Waals surface area (Å²) in [6.45, 7) is 11.4. The summed E-state index contributed by atoms with van der Waals surface area (Å²) < 4.78 is 7.62. The van der Waals surface area contributed by atoms with Crippen LogP contribution in [0.3, 0.4) is 0 Å². The number of ether oxygens (including phenoxy) is 1. The molecule has 0 bridgehead atoms. The van der Waals surface area contributed by atoms with Crippen molar-refractivity contribution < 1.29 is 9.53 Å². The van der Waals surface area contributed by atoms with Gasteiger partial charge in [0.25, 0.3) is 5.91 Å². The highest BCUT2D eigenvalue weighted by Crippen LogP contribution is 2.39. The molecule has 3 aromatic heterocycles. The number of hydrogen-bond acceptors (Lipinski definition) is 6. The van der Waals surface area contributed by atoms with Crippen molar-refractivity contribution in [3.8, 4) is 0 Å². The summed E-state index contributed by atoms with van der Waals surface area (Å²) in [6.07, 6.45) is 0.796. The molecule has 3 aromatic rings. The first-order valence-corrected chi connectivity index (χ1v) is 9.66. The van der Waals surface area contributed by atoms with Crippen molar-refractivity contribution in [2.45, 2.75) is 53.2 Å². The van der Waals surface area contributed by atoms with Gasteiger partial charge < -0.3 is 10.1 Å². The van der Waals surface area contributed by atoms with Gasteiger partial charge in [0.1, 0.15) is 10.7 Å². The molecule has 0 saturated carbocycles. The van der Waals surface area contributed by atoms with Gasteiger partial charge >= 0.3 is 0 Å². The molecule has 0 aliphatic carbocycles. The Morgan fingerprint density at radius 3 is 2.88 bits per heavy atom. The summed E-state index contributed by atoms with van der Waals surface area (Å²) >= 11 is 1.64. The molecule has 1 amide bonds. The van der Waals surface area contributed by atoms with Crippen LogP contribution in [0.15, 0.2) is 0 Å². The summed E-state index contributed by atoms with van der Waals surface area (Å²) in [4.78, 5) is 23.8. The number of fused-ring (bicyclic) bond motifs is 5. The molecule has 1 N–H and O–H groups in total. The van der Waals surface area contributed by atoms with E-state index in [-0.39, 0.29) is 17.3 Å². The van der Waals surface area contributed by atoms with Crippen LogP contribution in [0.1, 0.15) is 54.6 Å². The van der Waals surface area contributed by atoms with E-state index in [1.54, 1.807) is 15.9 Å². The van der Waals surface area contributed by atoms with Gasteiger partial charge in [0.15, 0.2) is 5.65 Å². The Morgan fingerprint density at radius 1 is 1.38 bits per heavy atom. The molecule has 0 radical (unpaired) electrons. The van der Waals surface area contributed by atoms with E-state index in [4.69, 9.17) is 9.72 Å². The molecule has 1 aliphatic rings. The molecule has 0 atom stereocenters. The van der Waals surface area contributed by atoms with Gasteiger partial charge in [-0.25, -0.2) is 9.97 Å². The number of amides is 1. The zero-order chi connectivity index (χ0) is 18.6. The predicted octanol–water partition coefficient (Wildman–Crippen LogP) is 2.88. The quantitative estimate of drug-likeness (QED) is 0.763. The third-order valence-corrected chi connectivity index (χ3v) is 5.64. The van der Waals surface area contributed by atoms with Crippen molar-refractivity contribution in [2.75, 3.05) is 6.54 Å². The van der Waals surface area contributed by atoms with Gasteiger partial charge in [-0.2, -0.15) is 4.52 Å². The molecule has 7 nitrogen and oxygen atoms in total. The average molecular weight is 373 g/mol. The van der Waals surface area contributed by atoms with Crippen LogP contribution in [0.4, 0.5) is 0 Å². The summed E-state index contributed by atoms with van der Waals surface area (Å²) in [7, 11) is 0. The van der Waals surface area contributed by atoms with Crippen LogP contribution in [0.2, 0.25) is 0 Å². The zero-order valence-electron chi connectivity index (χ0n) is 15.7. The zero-order valence-corrected chi connectivity index (χ0v) is 16.5. The second-order valence-corrected chi connectivity index (χ2v) is 8.93. The van der Waals surface area contributed by atoms with Gasteiger partial charge in [0.2, 0.25) is 5.82 Å². The summed E-state index contributed by atoms with van der Waals surface area (Å²) in [6, 6.07) is 0. The SMILES string of the molecule is Cc1nc2sc3c(c2c2nc(C(=O)NCC(C)C)nn12)CC(C)(C)OC3. The molecule has 26 heavy (non-hydrogen) atoms. The first-order chi connectivity index (χ1) is 12.2. The topological polar surface area (TPSA) is 81.4 Å². The minimum atomic E-state index is -0.247. The van der Waals surface area contributed by atoms with Crippen molar-refractivity contribution in [1.82, 2.24) is 24.9 Å². The monoisotopic (exact) mass is 373 g/mol. The van der Waals surface area contributed by atoms with Crippen molar-refractivity contribution >= 4 is 33.1 Å². The highest BCUT2D eigenvalue weighted by molar-refractivity contribution is 7.19. The smallest absolute Gasteiger partial charge is 0.291 e. The van der Waals surface area contributed by atoms with Crippen LogP contribution in [-0.2, 0) is 17.8 Å². The Kier molecular flexibility index (Phi) is 4.00. The van der Waals surface area contributed by atoms with Gasteiger partial charge in [0, 0.05) is 17.8 Å². The maximum atomic E-state index is 12.4. The Labute approximate surface area is 155 Å². The molecule has 8 heteroatoms. The lowest BCUT2D eigenvalue weighted by atomic mass is 9.94. The van der Waals surface area contributed by atoms with Crippen molar-refractivity contribution in [2.24, 2.45) is 5.92 Å². The van der Waals surface area contributed by atoms with E-state index in [0.29, 0.717) is 24.7 Å².